The fourth-order valence-electron chi connectivity index (χ4n) is 5.45. The van der Waals surface area contributed by atoms with Crippen LogP contribution in [0.1, 0.15) is 61.0 Å². The lowest BCUT2D eigenvalue weighted by Crippen LogP contribution is -2.27. The summed E-state index contributed by atoms with van der Waals surface area (Å²) in [6.07, 6.45) is 2.81. The number of hydrogen-bond acceptors (Lipinski definition) is 7. The van der Waals surface area contributed by atoms with Crippen LogP contribution in [0.2, 0.25) is 0 Å². The van der Waals surface area contributed by atoms with Gasteiger partial charge in [0.05, 0.1) is 20.9 Å². The summed E-state index contributed by atoms with van der Waals surface area (Å²) in [4.78, 5) is 52.7. The number of benzene rings is 2. The summed E-state index contributed by atoms with van der Waals surface area (Å²) in [5, 5.41) is 0. The molecule has 0 spiro atoms. The van der Waals surface area contributed by atoms with Gasteiger partial charge in [-0.2, -0.15) is 0 Å². The molecule has 11 heteroatoms. The number of carbonyl (C=O) groups excluding carboxylic acids is 4. The predicted octanol–water partition coefficient (Wildman–Crippen LogP) is 7.27. The van der Waals surface area contributed by atoms with E-state index < -0.39 is 63.1 Å². The summed E-state index contributed by atoms with van der Waals surface area (Å²) in [5.74, 6) is -7.56. The molecule has 0 fully saturated rings. The van der Waals surface area contributed by atoms with Crippen LogP contribution in [0, 0.1) is 23.3 Å². The summed E-state index contributed by atoms with van der Waals surface area (Å²) < 4.78 is 62.8. The second-order valence-electron chi connectivity index (χ2n) is 10.4. The van der Waals surface area contributed by atoms with Crippen LogP contribution in [0.25, 0.3) is 33.1 Å². The minimum Gasteiger partial charge on any atom is -0.482 e. The standard InChI is InChI=1S/C31H14F4O5S2/c1-31(2)19-9-13(7-17-15-3-11(32)5-20(34)23(15)27(38)25(17)36)41-29(19)30-22(40-31)10-14(42-30)8-18-16-4-12(33)6-21(35)24(16)28(39)26(18)37/h3-10H,1-2H3/b17-7-,18-8-. The van der Waals surface area contributed by atoms with Crippen LogP contribution in [0.3, 0.4) is 0 Å². The summed E-state index contributed by atoms with van der Waals surface area (Å²) in [6.45, 7) is 3.64. The number of carbonyl (C=O) groups is 4. The number of rotatable bonds is 2. The van der Waals surface area contributed by atoms with Gasteiger partial charge in [-0.3, -0.25) is 19.2 Å². The van der Waals surface area contributed by atoms with Crippen molar-refractivity contribution in [2.75, 3.05) is 0 Å². The van der Waals surface area contributed by atoms with Crippen molar-refractivity contribution in [2.45, 2.75) is 19.4 Å². The zero-order valence-corrected chi connectivity index (χ0v) is 23.1. The van der Waals surface area contributed by atoms with E-state index in [1.165, 1.54) is 34.8 Å². The average Bonchev–Trinajstić information content (AvgIpc) is 3.62. The molecule has 42 heavy (non-hydrogen) atoms. The van der Waals surface area contributed by atoms with Crippen LogP contribution in [0.15, 0.2) is 36.4 Å². The molecule has 7 rings (SSSR count). The molecular formula is C31H14F4O5S2. The van der Waals surface area contributed by atoms with Crippen molar-refractivity contribution in [1.82, 2.24) is 0 Å². The Kier molecular flexibility index (Phi) is 5.51. The second-order valence-corrected chi connectivity index (χ2v) is 12.6. The smallest absolute Gasteiger partial charge is 0.237 e. The minimum absolute atomic E-state index is 0.112. The van der Waals surface area contributed by atoms with E-state index in [0.29, 0.717) is 32.5 Å². The highest BCUT2D eigenvalue weighted by Gasteiger charge is 2.40. The molecule has 5 nitrogen and oxygen atoms in total. The van der Waals surface area contributed by atoms with Crippen molar-refractivity contribution >= 4 is 69.1 Å². The van der Waals surface area contributed by atoms with Gasteiger partial charge in [-0.05, 0) is 50.3 Å². The van der Waals surface area contributed by atoms with Gasteiger partial charge in [-0.25, -0.2) is 17.6 Å². The third-order valence-electron chi connectivity index (χ3n) is 7.31. The van der Waals surface area contributed by atoms with Crippen molar-refractivity contribution < 1.29 is 41.5 Å². The van der Waals surface area contributed by atoms with Gasteiger partial charge in [0, 0.05) is 49.7 Å². The lowest BCUT2D eigenvalue weighted by molar-refractivity contribution is -0.110. The zero-order valence-electron chi connectivity index (χ0n) is 21.5. The number of ether oxygens (including phenoxy) is 1. The first-order valence-corrected chi connectivity index (χ1v) is 14.0. The minimum atomic E-state index is -1.11. The molecule has 0 unspecified atom stereocenters. The molecule has 2 aromatic heterocycles. The van der Waals surface area contributed by atoms with Gasteiger partial charge < -0.3 is 4.74 Å². The molecule has 0 amide bonds. The predicted molar refractivity (Wildman–Crippen MR) is 148 cm³/mol. The SMILES string of the molecule is CC1(C)Oc2cc(/C=C3\C(=O)C(=O)c4c(F)cc(F)cc43)sc2-c2sc(/C=C3\C(=O)C(=O)c4c(F)cc(F)cc43)cc21. The molecule has 208 valence electrons. The van der Waals surface area contributed by atoms with Gasteiger partial charge in [-0.15, -0.1) is 22.7 Å². The number of halogens is 4. The molecule has 3 heterocycles. The molecule has 0 radical (unpaired) electrons. The van der Waals surface area contributed by atoms with Crippen molar-refractivity contribution in [1.29, 1.82) is 0 Å². The highest BCUT2D eigenvalue weighted by molar-refractivity contribution is 7.23. The normalized spacial score (nSPS) is 18.4. The number of Topliss-reactive ketones (excluding diaryl/α,β-unsaturated/α-hetero) is 4. The van der Waals surface area contributed by atoms with Gasteiger partial charge >= 0.3 is 0 Å². The Morgan fingerprint density at radius 2 is 1.12 bits per heavy atom. The van der Waals surface area contributed by atoms with Crippen molar-refractivity contribution in [2.24, 2.45) is 0 Å². The van der Waals surface area contributed by atoms with Crippen LogP contribution in [-0.4, -0.2) is 23.1 Å². The molecule has 0 atom stereocenters. The van der Waals surface area contributed by atoms with Crippen LogP contribution >= 0.6 is 22.7 Å². The lowest BCUT2D eigenvalue weighted by Gasteiger charge is -2.31. The Bertz CT molecular complexity index is 2060. The largest absolute Gasteiger partial charge is 0.482 e. The fourth-order valence-corrected chi connectivity index (χ4v) is 7.88. The summed E-state index contributed by atoms with van der Waals surface area (Å²) >= 11 is 2.48. The molecule has 0 saturated heterocycles. The quantitative estimate of drug-likeness (QED) is 0.136. The van der Waals surface area contributed by atoms with Crippen LogP contribution < -0.4 is 4.74 Å². The molecule has 0 bridgehead atoms. The van der Waals surface area contributed by atoms with E-state index in [4.69, 9.17) is 4.74 Å². The highest BCUT2D eigenvalue weighted by Crippen LogP contribution is 2.53. The van der Waals surface area contributed by atoms with E-state index in [1.54, 1.807) is 12.1 Å². The number of fused-ring (bicyclic) bond motifs is 5. The first-order chi connectivity index (χ1) is 19.8. The first kappa shape index (κ1) is 26.4. The second kappa shape index (κ2) is 8.76. The van der Waals surface area contributed by atoms with Crippen molar-refractivity contribution in [3.05, 3.63) is 97.2 Å². The third kappa shape index (κ3) is 3.73. The van der Waals surface area contributed by atoms with Crippen LogP contribution in [0.4, 0.5) is 17.6 Å². The van der Waals surface area contributed by atoms with E-state index in [0.717, 1.165) is 22.6 Å². The molecule has 2 aliphatic carbocycles. The average molecular weight is 607 g/mol. The summed E-state index contributed by atoms with van der Waals surface area (Å²) in [7, 11) is 0. The first-order valence-electron chi connectivity index (χ1n) is 12.4. The van der Waals surface area contributed by atoms with Crippen LogP contribution in [-0.2, 0) is 15.2 Å². The van der Waals surface area contributed by atoms with E-state index >= 15 is 0 Å². The molecule has 3 aliphatic rings. The molecule has 1 aliphatic heterocycles. The van der Waals surface area contributed by atoms with Gasteiger partial charge in [0.25, 0.3) is 0 Å². The summed E-state index contributed by atoms with van der Waals surface area (Å²) in [5.41, 5.74) is -1.52. The van der Waals surface area contributed by atoms with E-state index in [2.05, 4.69) is 0 Å². The maximum absolute atomic E-state index is 14.3. The summed E-state index contributed by atoms with van der Waals surface area (Å²) in [6, 6.07) is 6.43. The van der Waals surface area contributed by atoms with Crippen molar-refractivity contribution in [3.63, 3.8) is 0 Å². The van der Waals surface area contributed by atoms with E-state index in [1.807, 2.05) is 13.8 Å². The van der Waals surface area contributed by atoms with Gasteiger partial charge in [0.1, 0.15) is 34.6 Å². The number of hydrogen-bond donors (Lipinski definition) is 0. The maximum atomic E-state index is 14.3. The van der Waals surface area contributed by atoms with Gasteiger partial charge in [0.15, 0.2) is 0 Å². The maximum Gasteiger partial charge on any atom is 0.237 e. The molecule has 0 N–H and O–H groups in total. The molecule has 4 aromatic rings. The topological polar surface area (TPSA) is 77.5 Å². The Morgan fingerprint density at radius 1 is 0.643 bits per heavy atom. The Morgan fingerprint density at radius 3 is 1.64 bits per heavy atom. The number of ketones is 4. The number of allylic oxidation sites excluding steroid dienone is 2. The number of thiophene rings is 2. The Hall–Kier alpha value is -4.48. The van der Waals surface area contributed by atoms with E-state index in [9.17, 15) is 36.7 Å². The molecular weight excluding hydrogens is 592 g/mol. The lowest BCUT2D eigenvalue weighted by atomic mass is 9.95. The third-order valence-corrected chi connectivity index (χ3v) is 9.62. The van der Waals surface area contributed by atoms with Gasteiger partial charge in [-0.1, -0.05) is 0 Å². The molecule has 2 aromatic carbocycles. The van der Waals surface area contributed by atoms with Crippen molar-refractivity contribution in [3.8, 4) is 15.5 Å². The Labute approximate surface area is 242 Å². The van der Waals surface area contributed by atoms with E-state index in [-0.39, 0.29) is 22.3 Å². The monoisotopic (exact) mass is 606 g/mol. The highest BCUT2D eigenvalue weighted by atomic mass is 32.1. The fraction of sp³-hybridized carbons (Fsp3) is 0.0968. The molecule has 0 saturated carbocycles. The van der Waals surface area contributed by atoms with Crippen LogP contribution in [0.5, 0.6) is 5.75 Å². The van der Waals surface area contributed by atoms with Gasteiger partial charge in [0.2, 0.25) is 23.1 Å². The zero-order chi connectivity index (χ0) is 29.8. The Balaban J connectivity index is 1.33.